The number of nitrogens with one attached hydrogen (secondary N) is 2. The molecular weight excluding hydrogens is 318 g/mol. The molecule has 0 bridgehead atoms. The molecule has 1 unspecified atom stereocenters. The molecule has 1 atom stereocenters. The summed E-state index contributed by atoms with van der Waals surface area (Å²) in [4.78, 5) is 10.1. The molecule has 116 valence electrons. The number of nitro groups is 1. The van der Waals surface area contributed by atoms with Crippen molar-refractivity contribution in [2.24, 2.45) is 5.92 Å². The van der Waals surface area contributed by atoms with E-state index >= 15 is 0 Å². The molecule has 2 rings (SSSR count). The number of sulfonamides is 1. The Bertz CT molecular complexity index is 629. The normalized spacial score (nSPS) is 19.2. The zero-order valence-electron chi connectivity index (χ0n) is 11.2. The Morgan fingerprint density at radius 3 is 2.86 bits per heavy atom. The van der Waals surface area contributed by atoms with Gasteiger partial charge in [0.1, 0.15) is 0 Å². The molecule has 1 aromatic rings. The first kappa shape index (κ1) is 16.0. The summed E-state index contributed by atoms with van der Waals surface area (Å²) in [7, 11) is -3.60. The Morgan fingerprint density at radius 1 is 1.48 bits per heavy atom. The van der Waals surface area contributed by atoms with Crippen LogP contribution in [0.3, 0.4) is 0 Å². The van der Waals surface area contributed by atoms with Crippen LogP contribution in [0.15, 0.2) is 18.2 Å². The summed E-state index contributed by atoms with van der Waals surface area (Å²) in [6, 6.07) is 3.66. The Kier molecular flexibility index (Phi) is 5.02. The van der Waals surface area contributed by atoms with Crippen molar-refractivity contribution in [3.05, 3.63) is 33.3 Å². The molecule has 1 aliphatic heterocycles. The van der Waals surface area contributed by atoms with Crippen molar-refractivity contribution in [3.63, 3.8) is 0 Å². The number of hydrogen-bond donors (Lipinski definition) is 2. The van der Waals surface area contributed by atoms with E-state index in [2.05, 4.69) is 10.0 Å². The van der Waals surface area contributed by atoms with Gasteiger partial charge in [0.05, 0.1) is 21.4 Å². The molecule has 2 N–H and O–H groups in total. The first-order chi connectivity index (χ1) is 9.87. The van der Waals surface area contributed by atoms with Crippen molar-refractivity contribution in [2.75, 3.05) is 23.6 Å². The third-order valence-electron chi connectivity index (χ3n) is 3.28. The van der Waals surface area contributed by atoms with Gasteiger partial charge in [-0.05, 0) is 37.9 Å². The summed E-state index contributed by atoms with van der Waals surface area (Å²) in [6.45, 7) is 1.56. The van der Waals surface area contributed by atoms with Crippen LogP contribution < -0.4 is 10.0 Å². The maximum absolute atomic E-state index is 12.1. The van der Waals surface area contributed by atoms with Crippen LogP contribution in [0, 0.1) is 16.0 Å². The largest absolute Gasteiger partial charge is 0.316 e. The topological polar surface area (TPSA) is 101 Å². The van der Waals surface area contributed by atoms with Crippen molar-refractivity contribution in [2.45, 2.75) is 12.8 Å². The summed E-state index contributed by atoms with van der Waals surface area (Å²) >= 11 is 5.89. The molecule has 1 aliphatic rings. The van der Waals surface area contributed by atoms with Crippen molar-refractivity contribution < 1.29 is 13.3 Å². The molecule has 0 spiro atoms. The van der Waals surface area contributed by atoms with Gasteiger partial charge in [-0.1, -0.05) is 11.6 Å². The molecule has 1 saturated heterocycles. The lowest BCUT2D eigenvalue weighted by Gasteiger charge is -2.22. The minimum atomic E-state index is -3.60. The van der Waals surface area contributed by atoms with Crippen LogP contribution >= 0.6 is 11.6 Å². The highest BCUT2D eigenvalue weighted by Gasteiger charge is 2.22. The van der Waals surface area contributed by atoms with Gasteiger partial charge in [-0.15, -0.1) is 0 Å². The summed E-state index contributed by atoms with van der Waals surface area (Å²) in [5.41, 5.74) is -0.175. The van der Waals surface area contributed by atoms with Crippen LogP contribution in [0.2, 0.25) is 5.02 Å². The van der Waals surface area contributed by atoms with E-state index in [1.54, 1.807) is 0 Å². The third-order valence-corrected chi connectivity index (χ3v) is 5.05. The number of rotatable bonds is 5. The van der Waals surface area contributed by atoms with Gasteiger partial charge in [-0.3, -0.25) is 14.8 Å². The van der Waals surface area contributed by atoms with Gasteiger partial charge in [0, 0.05) is 12.1 Å². The highest BCUT2D eigenvalue weighted by Crippen LogP contribution is 2.28. The lowest BCUT2D eigenvalue weighted by molar-refractivity contribution is -0.384. The molecule has 9 heteroatoms. The molecule has 0 aliphatic carbocycles. The lowest BCUT2D eigenvalue weighted by atomic mass is 10.0. The molecule has 21 heavy (non-hydrogen) atoms. The number of anilines is 1. The Labute approximate surface area is 127 Å². The van der Waals surface area contributed by atoms with Crippen LogP contribution in [0.4, 0.5) is 11.4 Å². The first-order valence-corrected chi connectivity index (χ1v) is 8.55. The quantitative estimate of drug-likeness (QED) is 0.633. The van der Waals surface area contributed by atoms with Crippen LogP contribution in [-0.4, -0.2) is 32.2 Å². The zero-order valence-corrected chi connectivity index (χ0v) is 12.8. The predicted octanol–water partition coefficient (Wildman–Crippen LogP) is 1.99. The lowest BCUT2D eigenvalue weighted by Crippen LogP contribution is -2.35. The van der Waals surface area contributed by atoms with E-state index in [1.807, 2.05) is 0 Å². The van der Waals surface area contributed by atoms with Gasteiger partial charge in [-0.25, -0.2) is 8.42 Å². The van der Waals surface area contributed by atoms with Crippen LogP contribution in [-0.2, 0) is 10.0 Å². The van der Waals surface area contributed by atoms with E-state index in [1.165, 1.54) is 12.1 Å². The van der Waals surface area contributed by atoms with E-state index in [9.17, 15) is 18.5 Å². The highest BCUT2D eigenvalue weighted by molar-refractivity contribution is 7.92. The summed E-state index contributed by atoms with van der Waals surface area (Å²) < 4.78 is 26.6. The molecule has 1 aromatic carbocycles. The fourth-order valence-corrected chi connectivity index (χ4v) is 4.00. The van der Waals surface area contributed by atoms with Crippen molar-refractivity contribution in [1.29, 1.82) is 0 Å². The molecular formula is C12H16ClN3O4S. The molecule has 0 radical (unpaired) electrons. The number of benzene rings is 1. The van der Waals surface area contributed by atoms with Crippen molar-refractivity contribution in [3.8, 4) is 0 Å². The molecule has 0 amide bonds. The first-order valence-electron chi connectivity index (χ1n) is 6.52. The second-order valence-corrected chi connectivity index (χ2v) is 7.19. The summed E-state index contributed by atoms with van der Waals surface area (Å²) in [5.74, 6) is 0.00711. The SMILES string of the molecule is O=[N+]([O-])c1ccc(Cl)c(NS(=O)(=O)CC2CCCNC2)c1. The molecule has 0 saturated carbocycles. The second kappa shape index (κ2) is 6.59. The Balaban J connectivity index is 2.12. The second-order valence-electron chi connectivity index (χ2n) is 5.02. The van der Waals surface area contributed by atoms with E-state index in [0.717, 1.165) is 25.5 Å². The van der Waals surface area contributed by atoms with Crippen molar-refractivity contribution >= 4 is 33.0 Å². The highest BCUT2D eigenvalue weighted by atomic mass is 35.5. The van der Waals surface area contributed by atoms with Gasteiger partial charge in [0.25, 0.3) is 5.69 Å². The van der Waals surface area contributed by atoms with Crippen LogP contribution in [0.25, 0.3) is 0 Å². The third kappa shape index (κ3) is 4.55. The predicted molar refractivity (Wildman–Crippen MR) is 81.1 cm³/mol. The van der Waals surface area contributed by atoms with Crippen LogP contribution in [0.1, 0.15) is 12.8 Å². The maximum Gasteiger partial charge on any atom is 0.271 e. The summed E-state index contributed by atoms with van der Waals surface area (Å²) in [5, 5.41) is 14.0. The number of non-ortho nitro benzene ring substituents is 1. The average molecular weight is 334 g/mol. The monoisotopic (exact) mass is 333 g/mol. The van der Waals surface area contributed by atoms with E-state index < -0.39 is 14.9 Å². The molecule has 1 fully saturated rings. The van der Waals surface area contributed by atoms with Gasteiger partial charge in [-0.2, -0.15) is 0 Å². The standard InChI is InChI=1S/C12H16ClN3O4S/c13-11-4-3-10(16(17)18)6-12(11)15-21(19,20)8-9-2-1-5-14-7-9/h3-4,6,9,14-15H,1-2,5,7-8H2. The number of halogens is 1. The smallest absolute Gasteiger partial charge is 0.271 e. The van der Waals surface area contributed by atoms with E-state index in [-0.39, 0.29) is 28.1 Å². The molecule has 7 nitrogen and oxygen atoms in total. The number of piperidine rings is 1. The average Bonchev–Trinajstić information content (AvgIpc) is 2.41. The minimum Gasteiger partial charge on any atom is -0.316 e. The van der Waals surface area contributed by atoms with Crippen LogP contribution in [0.5, 0.6) is 0 Å². The maximum atomic E-state index is 12.1. The van der Waals surface area contributed by atoms with Gasteiger partial charge in [0.15, 0.2) is 0 Å². The molecule has 0 aromatic heterocycles. The number of nitro benzene ring substituents is 1. The van der Waals surface area contributed by atoms with Crippen molar-refractivity contribution in [1.82, 2.24) is 5.32 Å². The van der Waals surface area contributed by atoms with E-state index in [4.69, 9.17) is 11.6 Å². The molecule has 1 heterocycles. The fraction of sp³-hybridized carbons (Fsp3) is 0.500. The number of nitrogens with zero attached hydrogens (tertiary/aromatic N) is 1. The number of hydrogen-bond acceptors (Lipinski definition) is 5. The zero-order chi connectivity index (χ0) is 15.5. The minimum absolute atomic E-state index is 0.0287. The van der Waals surface area contributed by atoms with Gasteiger partial charge in [0.2, 0.25) is 10.0 Å². The Hall–Kier alpha value is -1.38. The van der Waals surface area contributed by atoms with Gasteiger partial charge >= 0.3 is 0 Å². The fourth-order valence-electron chi connectivity index (χ4n) is 2.29. The summed E-state index contributed by atoms with van der Waals surface area (Å²) in [6.07, 6.45) is 1.79. The van der Waals surface area contributed by atoms with E-state index in [0.29, 0.717) is 6.54 Å². The Morgan fingerprint density at radius 2 is 2.24 bits per heavy atom. The van der Waals surface area contributed by atoms with Gasteiger partial charge < -0.3 is 5.32 Å².